The van der Waals surface area contributed by atoms with Crippen LogP contribution < -0.4 is 0 Å². The number of fused-ring (bicyclic) bond motifs is 1. The van der Waals surface area contributed by atoms with Gasteiger partial charge in [0.15, 0.2) is 0 Å². The second-order valence-electron chi connectivity index (χ2n) is 2.63. The number of alkyl halides is 1. The van der Waals surface area contributed by atoms with E-state index in [0.717, 1.165) is 0 Å². The van der Waals surface area contributed by atoms with Crippen LogP contribution in [-0.2, 0) is 5.88 Å². The van der Waals surface area contributed by atoms with Gasteiger partial charge in [0.2, 0.25) is 0 Å². The first-order valence-electron chi connectivity index (χ1n) is 3.64. The Labute approximate surface area is 108 Å². The summed E-state index contributed by atoms with van der Waals surface area (Å²) in [7, 11) is 0. The second kappa shape index (κ2) is 4.04. The Morgan fingerprint density at radius 3 is 3.00 bits per heavy atom. The largest absolute Gasteiger partial charge is 0.144 e. The van der Waals surface area contributed by atoms with Crippen molar-refractivity contribution in [2.45, 2.75) is 5.88 Å². The number of hydrogen-bond donors (Lipinski definition) is 0. The topological polar surface area (TPSA) is 0 Å². The Balaban J connectivity index is 2.83. The Hall–Kier alpha value is 0.680. The third-order valence-corrected chi connectivity index (χ3v) is 5.80. The standard InChI is InChI=1S/C9H5BrClIS/c10-8-6-1-2-13-7(6)3-5(4-11)9(8)12/h1-3H,4H2. The van der Waals surface area contributed by atoms with Crippen molar-refractivity contribution in [2.75, 3.05) is 0 Å². The lowest BCUT2D eigenvalue weighted by molar-refractivity contribution is 1.38. The van der Waals surface area contributed by atoms with Crippen molar-refractivity contribution in [2.24, 2.45) is 0 Å². The van der Waals surface area contributed by atoms with Crippen LogP contribution in [0.4, 0.5) is 0 Å². The molecule has 0 N–H and O–H groups in total. The maximum Gasteiger partial charge on any atom is 0.0485 e. The smallest absolute Gasteiger partial charge is 0.0485 e. The van der Waals surface area contributed by atoms with E-state index in [1.807, 2.05) is 0 Å². The summed E-state index contributed by atoms with van der Waals surface area (Å²) in [6.45, 7) is 0. The summed E-state index contributed by atoms with van der Waals surface area (Å²) in [6.07, 6.45) is 0. The second-order valence-corrected chi connectivity index (χ2v) is 5.72. The SMILES string of the molecule is ClCc1cc2sccc2c(Br)c1I. The van der Waals surface area contributed by atoms with E-state index in [-0.39, 0.29) is 0 Å². The van der Waals surface area contributed by atoms with E-state index in [2.05, 4.69) is 56.0 Å². The molecule has 4 heteroatoms. The summed E-state index contributed by atoms with van der Waals surface area (Å²) >= 11 is 13.5. The van der Waals surface area contributed by atoms with Gasteiger partial charge in [-0.1, -0.05) is 0 Å². The van der Waals surface area contributed by atoms with E-state index >= 15 is 0 Å². The maximum absolute atomic E-state index is 5.85. The molecule has 0 bridgehead atoms. The highest BCUT2D eigenvalue weighted by molar-refractivity contribution is 14.1. The number of halogens is 3. The molecule has 2 aromatic rings. The number of rotatable bonds is 1. The molecule has 68 valence electrons. The fraction of sp³-hybridized carbons (Fsp3) is 0.111. The molecule has 0 nitrogen and oxygen atoms in total. The molecule has 2 rings (SSSR count). The highest BCUT2D eigenvalue weighted by Gasteiger charge is 2.08. The van der Waals surface area contributed by atoms with Gasteiger partial charge in [-0.3, -0.25) is 0 Å². The Bertz CT molecular complexity index is 452. The van der Waals surface area contributed by atoms with E-state index < -0.39 is 0 Å². The molecule has 1 aromatic heterocycles. The van der Waals surface area contributed by atoms with Crippen LogP contribution >= 0.6 is 61.5 Å². The molecule has 0 saturated carbocycles. The van der Waals surface area contributed by atoms with Crippen LogP contribution in [0.2, 0.25) is 0 Å². The van der Waals surface area contributed by atoms with Gasteiger partial charge in [-0.2, -0.15) is 0 Å². The lowest BCUT2D eigenvalue weighted by Gasteiger charge is -2.04. The van der Waals surface area contributed by atoms with Crippen LogP contribution in [0.5, 0.6) is 0 Å². The van der Waals surface area contributed by atoms with E-state index in [4.69, 9.17) is 11.6 Å². The first-order chi connectivity index (χ1) is 6.24. The molecule has 0 aliphatic heterocycles. The zero-order valence-electron chi connectivity index (χ0n) is 6.48. The average Bonchev–Trinajstić information content (AvgIpc) is 2.59. The third-order valence-electron chi connectivity index (χ3n) is 1.86. The molecular formula is C9H5BrClIS. The van der Waals surface area contributed by atoms with Gasteiger partial charge in [0, 0.05) is 24.0 Å². The van der Waals surface area contributed by atoms with Crippen molar-refractivity contribution in [1.82, 2.24) is 0 Å². The fourth-order valence-electron chi connectivity index (χ4n) is 1.19. The van der Waals surface area contributed by atoms with Crippen molar-refractivity contribution in [3.63, 3.8) is 0 Å². The van der Waals surface area contributed by atoms with E-state index in [0.29, 0.717) is 5.88 Å². The fourth-order valence-corrected chi connectivity index (χ4v) is 3.86. The van der Waals surface area contributed by atoms with Gasteiger partial charge in [-0.05, 0) is 61.6 Å². The molecule has 0 fully saturated rings. The molecule has 0 saturated heterocycles. The van der Waals surface area contributed by atoms with Gasteiger partial charge in [0.1, 0.15) is 0 Å². The first-order valence-corrected chi connectivity index (χ1v) is 6.92. The van der Waals surface area contributed by atoms with Crippen LogP contribution in [0.1, 0.15) is 5.56 Å². The summed E-state index contributed by atoms with van der Waals surface area (Å²) in [5.41, 5.74) is 1.20. The van der Waals surface area contributed by atoms with E-state index in [9.17, 15) is 0 Å². The number of benzene rings is 1. The monoisotopic (exact) mass is 386 g/mol. The summed E-state index contributed by atoms with van der Waals surface area (Å²) < 4.78 is 3.68. The summed E-state index contributed by atoms with van der Waals surface area (Å²) in [5.74, 6) is 0.574. The van der Waals surface area contributed by atoms with Crippen molar-refractivity contribution in [1.29, 1.82) is 0 Å². The van der Waals surface area contributed by atoms with E-state index in [1.54, 1.807) is 11.3 Å². The zero-order valence-corrected chi connectivity index (χ0v) is 11.8. The summed E-state index contributed by atoms with van der Waals surface area (Å²) in [5, 5.41) is 3.38. The molecule has 1 heterocycles. The lowest BCUT2D eigenvalue weighted by Crippen LogP contribution is -1.85. The summed E-state index contributed by atoms with van der Waals surface area (Å²) in [6, 6.07) is 4.30. The number of hydrogen-bond acceptors (Lipinski definition) is 1. The first kappa shape index (κ1) is 10.2. The Kier molecular flexibility index (Phi) is 3.18. The van der Waals surface area contributed by atoms with E-state index in [1.165, 1.54) is 23.7 Å². The molecular weight excluding hydrogens is 382 g/mol. The molecule has 0 atom stereocenters. The molecule has 0 aliphatic rings. The molecule has 13 heavy (non-hydrogen) atoms. The predicted octanol–water partition coefficient (Wildman–Crippen LogP) is 5.01. The minimum Gasteiger partial charge on any atom is -0.144 e. The molecule has 0 aliphatic carbocycles. The van der Waals surface area contributed by atoms with Crippen LogP contribution in [-0.4, -0.2) is 0 Å². The Morgan fingerprint density at radius 2 is 2.31 bits per heavy atom. The minimum atomic E-state index is 0.574. The van der Waals surface area contributed by atoms with Gasteiger partial charge >= 0.3 is 0 Å². The van der Waals surface area contributed by atoms with Crippen molar-refractivity contribution in [3.8, 4) is 0 Å². The molecule has 1 aromatic carbocycles. The van der Waals surface area contributed by atoms with Crippen molar-refractivity contribution < 1.29 is 0 Å². The quantitative estimate of drug-likeness (QED) is 0.477. The van der Waals surface area contributed by atoms with Crippen LogP contribution in [0.15, 0.2) is 22.0 Å². The van der Waals surface area contributed by atoms with Gasteiger partial charge < -0.3 is 0 Å². The van der Waals surface area contributed by atoms with Crippen LogP contribution in [0.3, 0.4) is 0 Å². The molecule has 0 unspecified atom stereocenters. The normalized spacial score (nSPS) is 11.0. The number of thiophene rings is 1. The molecule has 0 spiro atoms. The van der Waals surface area contributed by atoms with Gasteiger partial charge in [0.25, 0.3) is 0 Å². The maximum atomic E-state index is 5.85. The van der Waals surface area contributed by atoms with Crippen LogP contribution in [0.25, 0.3) is 10.1 Å². The highest BCUT2D eigenvalue weighted by atomic mass is 127. The third kappa shape index (κ3) is 1.76. The molecule has 0 amide bonds. The van der Waals surface area contributed by atoms with Crippen LogP contribution in [0, 0.1) is 3.57 Å². The van der Waals surface area contributed by atoms with Gasteiger partial charge in [-0.15, -0.1) is 22.9 Å². The average molecular weight is 387 g/mol. The lowest BCUT2D eigenvalue weighted by atomic mass is 10.2. The molecule has 0 radical (unpaired) electrons. The predicted molar refractivity (Wildman–Crippen MR) is 71.8 cm³/mol. The minimum absolute atomic E-state index is 0.574. The Morgan fingerprint density at radius 1 is 1.54 bits per heavy atom. The zero-order chi connectivity index (χ0) is 9.42. The summed E-state index contributed by atoms with van der Waals surface area (Å²) in [4.78, 5) is 0. The highest BCUT2D eigenvalue weighted by Crippen LogP contribution is 2.35. The van der Waals surface area contributed by atoms with Gasteiger partial charge in [0.05, 0.1) is 0 Å². The van der Waals surface area contributed by atoms with Crippen molar-refractivity contribution >= 4 is 71.5 Å². The van der Waals surface area contributed by atoms with Gasteiger partial charge in [-0.25, -0.2) is 0 Å². The van der Waals surface area contributed by atoms with Crippen molar-refractivity contribution in [3.05, 3.63) is 31.1 Å².